The van der Waals surface area contributed by atoms with Gasteiger partial charge in [0.2, 0.25) is 5.91 Å². The summed E-state index contributed by atoms with van der Waals surface area (Å²) >= 11 is 0. The molecule has 0 aromatic heterocycles. The number of nitrogens with one attached hydrogen (secondary N) is 1. The van der Waals surface area contributed by atoms with Crippen molar-refractivity contribution < 1.29 is 22.8 Å². The number of benzene rings is 2. The summed E-state index contributed by atoms with van der Waals surface area (Å²) in [5.41, 5.74) is 0.694. The lowest BCUT2D eigenvalue weighted by Crippen LogP contribution is -2.49. The number of amides is 2. The fraction of sp³-hybridized carbons (Fsp3) is 0.462. The van der Waals surface area contributed by atoms with Crippen molar-refractivity contribution in [2.75, 3.05) is 57.3 Å². The highest BCUT2D eigenvalue weighted by atomic mass is 19.4. The summed E-state index contributed by atoms with van der Waals surface area (Å²) in [5, 5.41) is 3.03. The van der Waals surface area contributed by atoms with E-state index in [2.05, 4.69) is 27.2 Å². The Morgan fingerprint density at radius 1 is 0.857 bits per heavy atom. The second-order valence-electron chi connectivity index (χ2n) is 9.10. The zero-order valence-corrected chi connectivity index (χ0v) is 19.6. The molecule has 6 nitrogen and oxygen atoms in total. The van der Waals surface area contributed by atoms with Crippen LogP contribution in [0.3, 0.4) is 0 Å². The Kier molecular flexibility index (Phi) is 7.95. The molecule has 0 radical (unpaired) electrons. The quantitative estimate of drug-likeness (QED) is 0.677. The van der Waals surface area contributed by atoms with Gasteiger partial charge in [0.05, 0.1) is 5.56 Å². The van der Waals surface area contributed by atoms with Gasteiger partial charge in [0, 0.05) is 69.5 Å². The fourth-order valence-corrected chi connectivity index (χ4v) is 4.68. The maximum atomic E-state index is 12.7. The van der Waals surface area contributed by atoms with Crippen LogP contribution in [0, 0.1) is 5.92 Å². The molecule has 2 aromatic carbocycles. The number of hydrogen-bond acceptors (Lipinski definition) is 4. The number of likely N-dealkylation sites (tertiary alicyclic amines) is 1. The molecule has 2 aliphatic rings. The highest BCUT2D eigenvalue weighted by molar-refractivity contribution is 5.94. The van der Waals surface area contributed by atoms with Gasteiger partial charge in [-0.25, -0.2) is 0 Å². The summed E-state index contributed by atoms with van der Waals surface area (Å²) in [4.78, 5) is 31.6. The minimum absolute atomic E-state index is 0.00884. The van der Waals surface area contributed by atoms with E-state index in [1.807, 2.05) is 18.2 Å². The van der Waals surface area contributed by atoms with Crippen LogP contribution in [0.15, 0.2) is 54.6 Å². The number of piperidine rings is 1. The van der Waals surface area contributed by atoms with Gasteiger partial charge in [-0.1, -0.05) is 18.2 Å². The molecule has 2 fully saturated rings. The summed E-state index contributed by atoms with van der Waals surface area (Å²) in [6.07, 6.45) is -3.33. The Hall–Kier alpha value is -3.07. The van der Waals surface area contributed by atoms with Gasteiger partial charge in [0.1, 0.15) is 0 Å². The molecule has 35 heavy (non-hydrogen) atoms. The molecule has 0 spiro atoms. The van der Waals surface area contributed by atoms with Gasteiger partial charge >= 0.3 is 6.18 Å². The molecule has 0 unspecified atom stereocenters. The first-order chi connectivity index (χ1) is 16.8. The van der Waals surface area contributed by atoms with Crippen LogP contribution in [-0.4, -0.2) is 74.0 Å². The van der Waals surface area contributed by atoms with Crippen LogP contribution in [0.4, 0.5) is 18.9 Å². The maximum absolute atomic E-state index is 12.7. The first kappa shape index (κ1) is 25.0. The third-order valence-electron chi connectivity index (χ3n) is 6.83. The van der Waals surface area contributed by atoms with Crippen molar-refractivity contribution >= 4 is 17.5 Å². The molecule has 0 aliphatic carbocycles. The second kappa shape index (κ2) is 11.1. The molecule has 2 amide bonds. The normalized spacial score (nSPS) is 17.9. The number of para-hydroxylation sites is 1. The number of carbonyl (C=O) groups excluding carboxylic acids is 2. The average Bonchev–Trinajstić information content (AvgIpc) is 2.89. The topological polar surface area (TPSA) is 55.9 Å². The zero-order valence-electron chi connectivity index (χ0n) is 19.6. The molecule has 0 saturated carbocycles. The number of halogens is 3. The van der Waals surface area contributed by atoms with Crippen LogP contribution >= 0.6 is 0 Å². The molecular formula is C26H31F3N4O2. The molecule has 2 saturated heterocycles. The number of piperazine rings is 1. The first-order valence-electron chi connectivity index (χ1n) is 12.1. The summed E-state index contributed by atoms with van der Waals surface area (Å²) in [7, 11) is 0. The molecule has 4 rings (SSSR count). The van der Waals surface area contributed by atoms with Gasteiger partial charge in [0.25, 0.3) is 5.91 Å². The van der Waals surface area contributed by atoms with Gasteiger partial charge in [-0.05, 0) is 49.2 Å². The zero-order chi connectivity index (χ0) is 24.8. The Morgan fingerprint density at radius 2 is 1.49 bits per heavy atom. The van der Waals surface area contributed by atoms with Crippen LogP contribution in [0.1, 0.15) is 28.8 Å². The fourth-order valence-electron chi connectivity index (χ4n) is 4.68. The molecule has 1 N–H and O–H groups in total. The molecule has 2 aliphatic heterocycles. The van der Waals surface area contributed by atoms with Crippen molar-refractivity contribution in [2.24, 2.45) is 5.92 Å². The summed E-state index contributed by atoms with van der Waals surface area (Å²) in [6.45, 7) is 6.06. The van der Waals surface area contributed by atoms with Gasteiger partial charge in [0.15, 0.2) is 0 Å². The number of hydrogen-bond donors (Lipinski definition) is 1. The van der Waals surface area contributed by atoms with Crippen molar-refractivity contribution in [2.45, 2.75) is 19.0 Å². The number of carbonyl (C=O) groups is 2. The molecule has 2 aromatic rings. The van der Waals surface area contributed by atoms with Crippen molar-refractivity contribution in [1.82, 2.24) is 15.1 Å². The van der Waals surface area contributed by atoms with Crippen LogP contribution in [0.5, 0.6) is 0 Å². The Balaban J connectivity index is 1.15. The molecule has 2 heterocycles. The second-order valence-corrected chi connectivity index (χ2v) is 9.10. The van der Waals surface area contributed by atoms with E-state index in [9.17, 15) is 22.8 Å². The van der Waals surface area contributed by atoms with Crippen molar-refractivity contribution in [3.05, 3.63) is 65.7 Å². The Labute approximate surface area is 203 Å². The van der Waals surface area contributed by atoms with Gasteiger partial charge < -0.3 is 15.1 Å². The molecule has 0 atom stereocenters. The lowest BCUT2D eigenvalue weighted by Gasteiger charge is -2.36. The molecule has 0 bridgehead atoms. The number of rotatable bonds is 6. The van der Waals surface area contributed by atoms with Crippen LogP contribution in [0.25, 0.3) is 0 Å². The standard InChI is InChI=1S/C26H31F3N4O2/c27-26(28,29)22-8-6-21(7-9-22)25(35)33-13-10-20(11-14-33)24(34)30-12-15-31-16-18-32(19-17-31)23-4-2-1-3-5-23/h1-9,20H,10-19H2,(H,30,34). The van der Waals surface area contributed by atoms with Crippen molar-refractivity contribution in [3.63, 3.8) is 0 Å². The Bertz CT molecular complexity index is 982. The van der Waals surface area contributed by atoms with Gasteiger partial charge in [-0.15, -0.1) is 0 Å². The van der Waals surface area contributed by atoms with E-state index >= 15 is 0 Å². The van der Waals surface area contributed by atoms with Crippen molar-refractivity contribution in [3.8, 4) is 0 Å². The smallest absolute Gasteiger partial charge is 0.369 e. The third kappa shape index (κ3) is 6.54. The van der Waals surface area contributed by atoms with E-state index in [1.54, 1.807) is 4.90 Å². The minimum Gasteiger partial charge on any atom is -0.369 e. The molecule has 9 heteroatoms. The van der Waals surface area contributed by atoms with Crippen LogP contribution < -0.4 is 10.2 Å². The van der Waals surface area contributed by atoms with E-state index in [-0.39, 0.29) is 23.3 Å². The number of nitrogens with zero attached hydrogens (tertiary/aromatic N) is 3. The lowest BCUT2D eigenvalue weighted by molar-refractivity contribution is -0.137. The summed E-state index contributed by atoms with van der Waals surface area (Å²) < 4.78 is 38.2. The largest absolute Gasteiger partial charge is 0.416 e. The summed E-state index contributed by atoms with van der Waals surface area (Å²) in [5.74, 6) is -0.441. The predicted octanol–water partition coefficient (Wildman–Crippen LogP) is 3.50. The van der Waals surface area contributed by atoms with E-state index in [1.165, 1.54) is 17.8 Å². The molecule has 188 valence electrons. The summed E-state index contributed by atoms with van der Waals surface area (Å²) in [6, 6.07) is 14.6. The number of anilines is 1. The van der Waals surface area contributed by atoms with Crippen molar-refractivity contribution in [1.29, 1.82) is 0 Å². The number of alkyl halides is 3. The minimum atomic E-state index is -4.43. The van der Waals surface area contributed by atoms with Gasteiger partial charge in [-0.3, -0.25) is 14.5 Å². The van der Waals surface area contributed by atoms with Crippen LogP contribution in [0.2, 0.25) is 0 Å². The highest BCUT2D eigenvalue weighted by Crippen LogP contribution is 2.29. The third-order valence-corrected chi connectivity index (χ3v) is 6.83. The highest BCUT2D eigenvalue weighted by Gasteiger charge is 2.31. The monoisotopic (exact) mass is 488 g/mol. The van der Waals surface area contributed by atoms with Crippen LogP contribution in [-0.2, 0) is 11.0 Å². The maximum Gasteiger partial charge on any atom is 0.416 e. The molecular weight excluding hydrogens is 457 g/mol. The van der Waals surface area contributed by atoms with Gasteiger partial charge in [-0.2, -0.15) is 13.2 Å². The van der Waals surface area contributed by atoms with E-state index in [0.717, 1.165) is 44.9 Å². The first-order valence-corrected chi connectivity index (χ1v) is 12.1. The van der Waals surface area contributed by atoms with E-state index < -0.39 is 11.7 Å². The lowest BCUT2D eigenvalue weighted by atomic mass is 9.95. The van der Waals surface area contributed by atoms with E-state index in [4.69, 9.17) is 0 Å². The predicted molar refractivity (Wildman–Crippen MR) is 128 cm³/mol. The Morgan fingerprint density at radius 3 is 2.09 bits per heavy atom. The van der Waals surface area contributed by atoms with E-state index in [0.29, 0.717) is 32.5 Å². The average molecular weight is 489 g/mol. The SMILES string of the molecule is O=C(NCCN1CCN(c2ccccc2)CC1)C1CCN(C(=O)c2ccc(C(F)(F)F)cc2)CC1.